The molecular weight excluding hydrogens is 510 g/mol. The highest BCUT2D eigenvalue weighted by molar-refractivity contribution is 5.65. The molecule has 3 aromatic carbocycles. The van der Waals surface area contributed by atoms with E-state index in [2.05, 4.69) is 30.9 Å². The molecule has 39 heavy (non-hydrogen) atoms. The summed E-state index contributed by atoms with van der Waals surface area (Å²) in [4.78, 5) is 0. The summed E-state index contributed by atoms with van der Waals surface area (Å²) < 4.78 is 79.7. The van der Waals surface area contributed by atoms with E-state index in [1.807, 2.05) is 12.1 Å². The zero-order valence-electron chi connectivity index (χ0n) is 21.6. The Hall–Kier alpha value is -3.64. The van der Waals surface area contributed by atoms with Gasteiger partial charge in [0.1, 0.15) is 17.5 Å². The third-order valence-electron chi connectivity index (χ3n) is 7.21. The highest BCUT2D eigenvalue weighted by atomic mass is 19.4. The molecule has 4 rings (SSSR count). The number of hydrogen-bond acceptors (Lipinski definition) is 0. The van der Waals surface area contributed by atoms with Crippen molar-refractivity contribution in [2.75, 3.05) is 0 Å². The standard InChI is InChI=1S/C33H28F6/c1-2-3-4-22-5-8-24(9-6-22)25-11-13-26(14-12-25)28-16-15-27(30(34)21-28)10-7-23-19-31(35)29(32(36)20-23)17-18-33(37,38)39/h11-16,19-22,24H,2-6,8-9H2,1H3. The lowest BCUT2D eigenvalue weighted by atomic mass is 9.77. The molecule has 1 saturated carbocycles. The van der Waals surface area contributed by atoms with Gasteiger partial charge in [-0.3, -0.25) is 0 Å². The summed E-state index contributed by atoms with van der Waals surface area (Å²) in [7, 11) is 0. The van der Waals surface area contributed by atoms with E-state index in [4.69, 9.17) is 0 Å². The van der Waals surface area contributed by atoms with Gasteiger partial charge in [-0.05, 0) is 78.5 Å². The molecule has 0 atom stereocenters. The van der Waals surface area contributed by atoms with Crippen molar-refractivity contribution in [1.29, 1.82) is 0 Å². The van der Waals surface area contributed by atoms with Crippen LogP contribution in [-0.4, -0.2) is 6.18 Å². The zero-order chi connectivity index (χ0) is 28.0. The number of benzene rings is 3. The summed E-state index contributed by atoms with van der Waals surface area (Å²) in [6, 6.07) is 14.3. The fraction of sp³-hybridized carbons (Fsp3) is 0.333. The molecule has 0 radical (unpaired) electrons. The molecule has 0 aromatic heterocycles. The van der Waals surface area contributed by atoms with Crippen LogP contribution >= 0.6 is 0 Å². The second kappa shape index (κ2) is 12.5. The molecule has 6 heteroatoms. The van der Waals surface area contributed by atoms with Crippen molar-refractivity contribution in [2.24, 2.45) is 5.92 Å². The van der Waals surface area contributed by atoms with Crippen LogP contribution in [0.5, 0.6) is 0 Å². The number of hydrogen-bond donors (Lipinski definition) is 0. The largest absolute Gasteiger partial charge is 0.458 e. The number of rotatable bonds is 5. The third-order valence-corrected chi connectivity index (χ3v) is 7.21. The van der Waals surface area contributed by atoms with E-state index in [0.717, 1.165) is 29.5 Å². The molecule has 1 aliphatic carbocycles. The molecule has 0 heterocycles. The molecule has 0 aliphatic heterocycles. The Bertz CT molecular complexity index is 1400. The van der Waals surface area contributed by atoms with Gasteiger partial charge < -0.3 is 0 Å². The Balaban J connectivity index is 1.44. The van der Waals surface area contributed by atoms with E-state index in [1.54, 1.807) is 6.07 Å². The van der Waals surface area contributed by atoms with E-state index in [-0.39, 0.29) is 11.1 Å². The number of unbranched alkanes of at least 4 members (excludes halogenated alkanes) is 1. The van der Waals surface area contributed by atoms with Crippen molar-refractivity contribution in [3.63, 3.8) is 0 Å². The second-order valence-electron chi connectivity index (χ2n) is 9.99. The lowest BCUT2D eigenvalue weighted by Gasteiger charge is -2.29. The van der Waals surface area contributed by atoms with Gasteiger partial charge in [-0.25, -0.2) is 13.2 Å². The normalized spacial score (nSPS) is 17.1. The highest BCUT2D eigenvalue weighted by Crippen LogP contribution is 2.38. The molecule has 0 unspecified atom stereocenters. The lowest BCUT2D eigenvalue weighted by Crippen LogP contribution is -2.13. The molecule has 0 nitrogen and oxygen atoms in total. The molecule has 0 N–H and O–H groups in total. The maximum absolute atomic E-state index is 14.8. The highest BCUT2D eigenvalue weighted by Gasteiger charge is 2.24. The lowest BCUT2D eigenvalue weighted by molar-refractivity contribution is -0.0696. The van der Waals surface area contributed by atoms with E-state index in [1.165, 1.54) is 68.6 Å². The smallest absolute Gasteiger partial charge is 0.206 e. The molecule has 1 aliphatic rings. The van der Waals surface area contributed by atoms with Crippen LogP contribution in [0.2, 0.25) is 0 Å². The average Bonchev–Trinajstić information content (AvgIpc) is 2.90. The Morgan fingerprint density at radius 2 is 1.38 bits per heavy atom. The van der Waals surface area contributed by atoms with Crippen LogP contribution in [0.15, 0.2) is 54.6 Å². The van der Waals surface area contributed by atoms with Gasteiger partial charge in [-0.1, -0.05) is 74.3 Å². The maximum Gasteiger partial charge on any atom is 0.458 e. The van der Waals surface area contributed by atoms with Gasteiger partial charge >= 0.3 is 6.18 Å². The SMILES string of the molecule is CCCCC1CCC(c2ccc(-c3ccc(C#Cc4cc(F)c(C#CC(F)(F)F)c(F)c4)c(F)c3)cc2)CC1. The molecule has 0 saturated heterocycles. The monoisotopic (exact) mass is 538 g/mol. The van der Waals surface area contributed by atoms with Gasteiger partial charge in [0, 0.05) is 11.5 Å². The van der Waals surface area contributed by atoms with Crippen LogP contribution in [0.3, 0.4) is 0 Å². The van der Waals surface area contributed by atoms with Crippen LogP contribution in [0.25, 0.3) is 11.1 Å². The van der Waals surface area contributed by atoms with Crippen LogP contribution in [0.4, 0.5) is 26.3 Å². The summed E-state index contributed by atoms with van der Waals surface area (Å²) in [6.07, 6.45) is 3.95. The Kier molecular flexibility index (Phi) is 9.08. The third kappa shape index (κ3) is 7.70. The molecule has 202 valence electrons. The van der Waals surface area contributed by atoms with Crippen molar-refractivity contribution >= 4 is 0 Å². The molecule has 3 aromatic rings. The predicted octanol–water partition coefficient (Wildman–Crippen LogP) is 9.55. The summed E-state index contributed by atoms with van der Waals surface area (Å²) in [6.45, 7) is 2.23. The van der Waals surface area contributed by atoms with E-state index in [0.29, 0.717) is 11.5 Å². The Morgan fingerprint density at radius 1 is 0.744 bits per heavy atom. The van der Waals surface area contributed by atoms with Crippen LogP contribution in [-0.2, 0) is 0 Å². The first-order chi connectivity index (χ1) is 18.6. The minimum Gasteiger partial charge on any atom is -0.206 e. The van der Waals surface area contributed by atoms with Crippen molar-refractivity contribution in [3.8, 4) is 34.8 Å². The molecule has 0 amide bonds. The molecule has 1 fully saturated rings. The van der Waals surface area contributed by atoms with Crippen LogP contribution in [0.1, 0.15) is 80.0 Å². The van der Waals surface area contributed by atoms with Crippen molar-refractivity contribution in [3.05, 3.63) is 94.3 Å². The van der Waals surface area contributed by atoms with Gasteiger partial charge in [0.25, 0.3) is 0 Å². The summed E-state index contributed by atoms with van der Waals surface area (Å²) in [5.41, 5.74) is 1.73. The van der Waals surface area contributed by atoms with Gasteiger partial charge in [0.15, 0.2) is 0 Å². The van der Waals surface area contributed by atoms with Gasteiger partial charge in [-0.15, -0.1) is 0 Å². The molecule has 0 bridgehead atoms. The maximum atomic E-state index is 14.8. The first-order valence-electron chi connectivity index (χ1n) is 13.1. The Morgan fingerprint density at radius 3 is 1.97 bits per heavy atom. The van der Waals surface area contributed by atoms with Crippen LogP contribution in [0, 0.1) is 47.1 Å². The fourth-order valence-corrected chi connectivity index (χ4v) is 5.06. The van der Waals surface area contributed by atoms with E-state index in [9.17, 15) is 26.3 Å². The average molecular weight is 539 g/mol. The molecule has 0 spiro atoms. The summed E-state index contributed by atoms with van der Waals surface area (Å²) in [5, 5.41) is 0. The Labute approximate surface area is 225 Å². The minimum absolute atomic E-state index is 0.0250. The van der Waals surface area contributed by atoms with E-state index >= 15 is 0 Å². The van der Waals surface area contributed by atoms with Gasteiger partial charge in [0.2, 0.25) is 0 Å². The van der Waals surface area contributed by atoms with Gasteiger partial charge in [-0.2, -0.15) is 13.2 Å². The minimum atomic E-state index is -4.88. The summed E-state index contributed by atoms with van der Waals surface area (Å²) >= 11 is 0. The first kappa shape index (κ1) is 28.4. The number of halogens is 6. The fourth-order valence-electron chi connectivity index (χ4n) is 5.06. The van der Waals surface area contributed by atoms with Crippen molar-refractivity contribution in [2.45, 2.75) is 64.0 Å². The van der Waals surface area contributed by atoms with Gasteiger partial charge in [0.05, 0.1) is 11.1 Å². The quantitative estimate of drug-likeness (QED) is 0.224. The van der Waals surface area contributed by atoms with Crippen molar-refractivity contribution in [1.82, 2.24) is 0 Å². The predicted molar refractivity (Wildman–Crippen MR) is 141 cm³/mol. The molecular formula is C33H28F6. The first-order valence-corrected chi connectivity index (χ1v) is 13.1. The second-order valence-corrected chi connectivity index (χ2v) is 9.99. The number of alkyl halides is 3. The topological polar surface area (TPSA) is 0 Å². The summed E-state index contributed by atoms with van der Waals surface area (Å²) in [5.74, 6) is 5.54. The van der Waals surface area contributed by atoms with Crippen molar-refractivity contribution < 1.29 is 26.3 Å². The zero-order valence-corrected chi connectivity index (χ0v) is 21.6. The van der Waals surface area contributed by atoms with Crippen LogP contribution < -0.4 is 0 Å². The van der Waals surface area contributed by atoms with E-state index < -0.39 is 29.2 Å².